The molecule has 0 fully saturated rings. The summed E-state index contributed by atoms with van der Waals surface area (Å²) in [5.41, 5.74) is 3.80. The third kappa shape index (κ3) is 6.56. The van der Waals surface area contributed by atoms with Gasteiger partial charge in [-0.2, -0.15) is 0 Å². The Kier molecular flexibility index (Phi) is 8.69. The van der Waals surface area contributed by atoms with Crippen molar-refractivity contribution >= 4 is 23.0 Å². The molecule has 34 heavy (non-hydrogen) atoms. The molecule has 6 heteroatoms. The highest BCUT2D eigenvalue weighted by Gasteiger charge is 2.26. The van der Waals surface area contributed by atoms with E-state index in [-0.39, 0.29) is 17.6 Å². The van der Waals surface area contributed by atoms with E-state index in [1.165, 1.54) is 11.1 Å². The Hall–Kier alpha value is -2.47. The maximum absolute atomic E-state index is 6.27. The van der Waals surface area contributed by atoms with Gasteiger partial charge in [-0.05, 0) is 72.5 Å². The van der Waals surface area contributed by atoms with Crippen LogP contribution >= 0.6 is 12.2 Å². The molecule has 0 aliphatic carbocycles. The SMILES string of the molecule is CCC(C)(C)c1ccc(OCCCCNC(=S)Nc2ccc3c(c2)OCO3)c(C(C)(C)CC)c1. The highest BCUT2D eigenvalue weighted by atomic mass is 32.1. The summed E-state index contributed by atoms with van der Waals surface area (Å²) >= 11 is 5.42. The Labute approximate surface area is 210 Å². The molecule has 0 saturated carbocycles. The highest BCUT2D eigenvalue weighted by Crippen LogP contribution is 2.38. The zero-order valence-corrected chi connectivity index (χ0v) is 22.4. The van der Waals surface area contributed by atoms with E-state index in [4.69, 9.17) is 26.4 Å². The Balaban J connectivity index is 1.46. The van der Waals surface area contributed by atoms with Crippen molar-refractivity contribution in [3.63, 3.8) is 0 Å². The number of hydrogen-bond donors (Lipinski definition) is 2. The van der Waals surface area contributed by atoms with E-state index in [1.807, 2.05) is 18.2 Å². The van der Waals surface area contributed by atoms with Gasteiger partial charge in [0, 0.05) is 23.9 Å². The van der Waals surface area contributed by atoms with E-state index in [0.717, 1.165) is 55.2 Å². The van der Waals surface area contributed by atoms with Crippen LogP contribution in [0.4, 0.5) is 5.69 Å². The second-order valence-corrected chi connectivity index (χ2v) is 10.6. The van der Waals surface area contributed by atoms with Crippen LogP contribution in [-0.2, 0) is 10.8 Å². The smallest absolute Gasteiger partial charge is 0.231 e. The number of thiocarbonyl (C=S) groups is 1. The van der Waals surface area contributed by atoms with Gasteiger partial charge in [-0.25, -0.2) is 0 Å². The lowest BCUT2D eigenvalue weighted by atomic mass is 9.76. The topological polar surface area (TPSA) is 51.8 Å². The Morgan fingerprint density at radius 2 is 1.68 bits per heavy atom. The normalized spacial score (nSPS) is 13.0. The van der Waals surface area contributed by atoms with E-state index >= 15 is 0 Å². The predicted molar refractivity (Wildman–Crippen MR) is 145 cm³/mol. The first kappa shape index (κ1) is 26.1. The zero-order valence-electron chi connectivity index (χ0n) is 21.5. The van der Waals surface area contributed by atoms with E-state index < -0.39 is 0 Å². The third-order valence-corrected chi connectivity index (χ3v) is 7.25. The summed E-state index contributed by atoms with van der Waals surface area (Å²) < 4.78 is 17.0. The Bertz CT molecular complexity index is 988. The van der Waals surface area contributed by atoms with Crippen molar-refractivity contribution < 1.29 is 14.2 Å². The summed E-state index contributed by atoms with van der Waals surface area (Å²) in [5.74, 6) is 2.51. The average molecular weight is 485 g/mol. The first-order valence-corrected chi connectivity index (χ1v) is 12.8. The summed E-state index contributed by atoms with van der Waals surface area (Å²) in [4.78, 5) is 0. The minimum atomic E-state index is 0.0727. The van der Waals surface area contributed by atoms with Crippen molar-refractivity contribution in [3.8, 4) is 17.2 Å². The lowest BCUT2D eigenvalue weighted by Crippen LogP contribution is -2.29. The van der Waals surface area contributed by atoms with Gasteiger partial charge in [0.2, 0.25) is 6.79 Å². The van der Waals surface area contributed by atoms with E-state index in [2.05, 4.69) is 70.4 Å². The lowest BCUT2D eigenvalue weighted by molar-refractivity contribution is 0.174. The van der Waals surface area contributed by atoms with Crippen LogP contribution in [0.15, 0.2) is 36.4 Å². The molecule has 1 aliphatic heterocycles. The highest BCUT2D eigenvalue weighted by molar-refractivity contribution is 7.80. The van der Waals surface area contributed by atoms with Crippen molar-refractivity contribution in [1.82, 2.24) is 5.32 Å². The molecule has 186 valence electrons. The first-order chi connectivity index (χ1) is 16.2. The van der Waals surface area contributed by atoms with Gasteiger partial charge < -0.3 is 24.8 Å². The summed E-state index contributed by atoms with van der Waals surface area (Å²) in [6.07, 6.45) is 4.10. The number of fused-ring (bicyclic) bond motifs is 1. The second kappa shape index (κ2) is 11.3. The van der Waals surface area contributed by atoms with Crippen LogP contribution < -0.4 is 24.8 Å². The lowest BCUT2D eigenvalue weighted by Gasteiger charge is -2.30. The van der Waals surface area contributed by atoms with Crippen molar-refractivity contribution in [3.05, 3.63) is 47.5 Å². The molecule has 2 N–H and O–H groups in total. The first-order valence-electron chi connectivity index (χ1n) is 12.4. The van der Waals surface area contributed by atoms with Gasteiger partial charge >= 0.3 is 0 Å². The fraction of sp³-hybridized carbons (Fsp3) is 0.536. The average Bonchev–Trinajstić information content (AvgIpc) is 3.29. The largest absolute Gasteiger partial charge is 0.493 e. The monoisotopic (exact) mass is 484 g/mol. The molecule has 0 aromatic heterocycles. The standard InChI is InChI=1S/C28H40N2O3S/c1-7-27(3,4)20-11-13-23(22(17-20)28(5,6)8-2)31-16-10-9-15-29-26(34)30-21-12-14-24-25(18-21)33-19-32-24/h11-14,17-18H,7-10,15-16,19H2,1-6H3,(H2,29,30,34). The van der Waals surface area contributed by atoms with Crippen LogP contribution in [0.3, 0.4) is 0 Å². The molecule has 0 spiro atoms. The second-order valence-electron chi connectivity index (χ2n) is 10.2. The maximum Gasteiger partial charge on any atom is 0.231 e. The molecule has 0 saturated heterocycles. The molecule has 1 aliphatic rings. The Morgan fingerprint density at radius 1 is 0.941 bits per heavy atom. The molecular weight excluding hydrogens is 444 g/mol. The van der Waals surface area contributed by atoms with Gasteiger partial charge in [0.1, 0.15) is 5.75 Å². The Morgan fingerprint density at radius 3 is 2.41 bits per heavy atom. The van der Waals surface area contributed by atoms with Gasteiger partial charge in [0.15, 0.2) is 16.6 Å². The minimum Gasteiger partial charge on any atom is -0.493 e. The molecule has 0 radical (unpaired) electrons. The molecule has 0 bridgehead atoms. The zero-order chi connectivity index (χ0) is 24.8. The number of unbranched alkanes of at least 4 members (excludes halogenated alkanes) is 1. The number of hydrogen-bond acceptors (Lipinski definition) is 4. The molecule has 5 nitrogen and oxygen atoms in total. The number of benzene rings is 2. The van der Waals surface area contributed by atoms with Crippen LogP contribution in [0.25, 0.3) is 0 Å². The molecule has 0 amide bonds. The molecule has 2 aromatic carbocycles. The van der Waals surface area contributed by atoms with Crippen LogP contribution in [0, 0.1) is 0 Å². The predicted octanol–water partition coefficient (Wildman–Crippen LogP) is 6.94. The number of rotatable bonds is 11. The van der Waals surface area contributed by atoms with Gasteiger partial charge in [0.05, 0.1) is 6.61 Å². The fourth-order valence-corrected chi connectivity index (χ4v) is 3.98. The van der Waals surface area contributed by atoms with Gasteiger partial charge in [-0.1, -0.05) is 53.7 Å². The number of nitrogens with one attached hydrogen (secondary N) is 2. The molecule has 0 unspecified atom stereocenters. The van der Waals surface area contributed by atoms with Gasteiger partial charge in [-0.3, -0.25) is 0 Å². The maximum atomic E-state index is 6.27. The van der Waals surface area contributed by atoms with Crippen molar-refractivity contribution in [1.29, 1.82) is 0 Å². The van der Waals surface area contributed by atoms with Crippen LogP contribution in [-0.4, -0.2) is 25.1 Å². The van der Waals surface area contributed by atoms with E-state index in [1.54, 1.807) is 0 Å². The van der Waals surface area contributed by atoms with Crippen LogP contribution in [0.1, 0.15) is 78.4 Å². The summed E-state index contributed by atoms with van der Waals surface area (Å²) in [5, 5.41) is 7.06. The minimum absolute atomic E-state index is 0.0727. The quantitative estimate of drug-likeness (QED) is 0.266. The molecular formula is C28H40N2O3S. The molecule has 3 rings (SSSR count). The van der Waals surface area contributed by atoms with Gasteiger partial charge in [0.25, 0.3) is 0 Å². The molecule has 1 heterocycles. The van der Waals surface area contributed by atoms with Crippen molar-refractivity contribution in [2.75, 3.05) is 25.3 Å². The van der Waals surface area contributed by atoms with E-state index in [0.29, 0.717) is 11.7 Å². The number of ether oxygens (including phenoxy) is 3. The fourth-order valence-electron chi connectivity index (χ4n) is 3.76. The molecule has 2 aromatic rings. The van der Waals surface area contributed by atoms with Crippen LogP contribution in [0.2, 0.25) is 0 Å². The van der Waals surface area contributed by atoms with Crippen molar-refractivity contribution in [2.45, 2.75) is 78.1 Å². The summed E-state index contributed by atoms with van der Waals surface area (Å²) in [6.45, 7) is 15.5. The molecule has 0 atom stereocenters. The third-order valence-electron chi connectivity index (χ3n) is 7.00. The van der Waals surface area contributed by atoms with Gasteiger partial charge in [-0.15, -0.1) is 0 Å². The van der Waals surface area contributed by atoms with Crippen LogP contribution in [0.5, 0.6) is 17.2 Å². The number of anilines is 1. The van der Waals surface area contributed by atoms with E-state index in [9.17, 15) is 0 Å². The summed E-state index contributed by atoms with van der Waals surface area (Å²) in [6, 6.07) is 12.5. The summed E-state index contributed by atoms with van der Waals surface area (Å²) in [7, 11) is 0. The van der Waals surface area contributed by atoms with Crippen molar-refractivity contribution in [2.24, 2.45) is 0 Å².